The lowest BCUT2D eigenvalue weighted by Gasteiger charge is -2.07. The van der Waals surface area contributed by atoms with Crippen LogP contribution in [-0.4, -0.2) is 17.5 Å². The van der Waals surface area contributed by atoms with Gasteiger partial charge in [0.15, 0.2) is 5.96 Å². The first kappa shape index (κ1) is 16.1. The maximum atomic E-state index is 5.73. The van der Waals surface area contributed by atoms with Gasteiger partial charge in [-0.05, 0) is 24.0 Å². The first-order chi connectivity index (χ1) is 7.68. The largest absolute Gasteiger partial charge is 0.370 e. The van der Waals surface area contributed by atoms with Crippen molar-refractivity contribution in [3.05, 3.63) is 30.1 Å². The summed E-state index contributed by atoms with van der Waals surface area (Å²) in [5, 5.41) is 3.09. The fourth-order valence-corrected chi connectivity index (χ4v) is 1.21. The molecule has 1 aromatic heterocycles. The summed E-state index contributed by atoms with van der Waals surface area (Å²) in [4.78, 5) is 8.25. The number of hydrogen-bond acceptors (Lipinski definition) is 2. The van der Waals surface area contributed by atoms with Gasteiger partial charge in [0.1, 0.15) is 0 Å². The monoisotopic (exact) mass is 348 g/mol. The Morgan fingerprint density at radius 3 is 2.88 bits per heavy atom. The van der Waals surface area contributed by atoms with E-state index in [9.17, 15) is 0 Å². The first-order valence-electron chi connectivity index (χ1n) is 5.61. The summed E-state index contributed by atoms with van der Waals surface area (Å²) in [5.74, 6) is 1.18. The van der Waals surface area contributed by atoms with E-state index < -0.39 is 0 Å². The van der Waals surface area contributed by atoms with Crippen molar-refractivity contribution in [3.63, 3.8) is 0 Å². The van der Waals surface area contributed by atoms with E-state index in [0.717, 1.165) is 18.5 Å². The molecule has 0 fully saturated rings. The number of nitrogens with one attached hydrogen (secondary N) is 1. The molecule has 4 nitrogen and oxygen atoms in total. The van der Waals surface area contributed by atoms with Crippen molar-refractivity contribution >= 4 is 29.9 Å². The number of aliphatic imine (C=N–C) groups is 1. The van der Waals surface area contributed by atoms with Crippen molar-refractivity contribution in [1.29, 1.82) is 0 Å². The molecule has 0 radical (unpaired) electrons. The summed E-state index contributed by atoms with van der Waals surface area (Å²) >= 11 is 0. The number of halogens is 1. The van der Waals surface area contributed by atoms with Crippen molar-refractivity contribution in [2.24, 2.45) is 16.6 Å². The summed E-state index contributed by atoms with van der Waals surface area (Å²) in [6.07, 6.45) is 4.64. The number of nitrogens with zero attached hydrogens (tertiary/aromatic N) is 2. The number of guanidine groups is 1. The average molecular weight is 348 g/mol. The molecular formula is C12H21IN4. The SMILES string of the molecule is CC(C)CCNC(N)=NCc1cccnc1.I. The summed E-state index contributed by atoms with van der Waals surface area (Å²) in [6.45, 7) is 5.82. The number of aromatic nitrogens is 1. The lowest BCUT2D eigenvalue weighted by molar-refractivity contribution is 0.576. The van der Waals surface area contributed by atoms with Crippen LogP contribution >= 0.6 is 24.0 Å². The third-order valence-corrected chi connectivity index (χ3v) is 2.18. The van der Waals surface area contributed by atoms with E-state index in [-0.39, 0.29) is 24.0 Å². The Bertz CT molecular complexity index is 325. The van der Waals surface area contributed by atoms with E-state index in [1.807, 2.05) is 12.1 Å². The maximum absolute atomic E-state index is 5.73. The first-order valence-corrected chi connectivity index (χ1v) is 5.61. The highest BCUT2D eigenvalue weighted by Crippen LogP contribution is 1.98. The van der Waals surface area contributed by atoms with Crippen molar-refractivity contribution in [1.82, 2.24) is 10.3 Å². The summed E-state index contributed by atoms with van der Waals surface area (Å²) in [7, 11) is 0. The normalized spacial score (nSPS) is 11.1. The zero-order valence-corrected chi connectivity index (χ0v) is 12.7. The molecular weight excluding hydrogens is 327 g/mol. The van der Waals surface area contributed by atoms with Gasteiger partial charge in [-0.15, -0.1) is 24.0 Å². The summed E-state index contributed by atoms with van der Waals surface area (Å²) in [5.41, 5.74) is 6.79. The molecule has 0 aliphatic rings. The molecule has 1 heterocycles. The van der Waals surface area contributed by atoms with Crippen LogP contribution in [0, 0.1) is 5.92 Å². The Balaban J connectivity index is 0.00000256. The zero-order chi connectivity index (χ0) is 11.8. The molecule has 0 aliphatic carbocycles. The molecule has 3 N–H and O–H groups in total. The molecule has 0 saturated carbocycles. The second-order valence-electron chi connectivity index (χ2n) is 4.17. The smallest absolute Gasteiger partial charge is 0.188 e. The van der Waals surface area contributed by atoms with E-state index in [2.05, 4.69) is 29.1 Å². The van der Waals surface area contributed by atoms with Gasteiger partial charge in [-0.25, -0.2) is 4.99 Å². The van der Waals surface area contributed by atoms with Crippen LogP contribution in [-0.2, 0) is 6.54 Å². The number of nitrogens with two attached hydrogens (primary N) is 1. The standard InChI is InChI=1S/C12H20N4.HI/c1-10(2)5-7-15-12(13)16-9-11-4-3-6-14-8-11;/h3-4,6,8,10H,5,7,9H2,1-2H3,(H3,13,15,16);1H. The number of hydrogen-bond donors (Lipinski definition) is 2. The molecule has 1 aromatic rings. The van der Waals surface area contributed by atoms with E-state index >= 15 is 0 Å². The van der Waals surface area contributed by atoms with E-state index in [1.54, 1.807) is 12.4 Å². The molecule has 0 aromatic carbocycles. The predicted molar refractivity (Wildman–Crippen MR) is 82.4 cm³/mol. The molecule has 0 saturated heterocycles. The van der Waals surface area contributed by atoms with Crippen molar-refractivity contribution in [3.8, 4) is 0 Å². The second-order valence-corrected chi connectivity index (χ2v) is 4.17. The van der Waals surface area contributed by atoms with Crippen LogP contribution in [0.5, 0.6) is 0 Å². The Morgan fingerprint density at radius 2 is 2.29 bits per heavy atom. The van der Waals surface area contributed by atoms with Gasteiger partial charge in [0.2, 0.25) is 0 Å². The van der Waals surface area contributed by atoms with Gasteiger partial charge in [-0.3, -0.25) is 4.98 Å². The van der Waals surface area contributed by atoms with Crippen LogP contribution < -0.4 is 11.1 Å². The van der Waals surface area contributed by atoms with Crippen LogP contribution in [0.15, 0.2) is 29.5 Å². The Labute approximate surface area is 120 Å². The quantitative estimate of drug-likeness (QED) is 0.487. The molecule has 1 rings (SSSR count). The highest BCUT2D eigenvalue weighted by atomic mass is 127. The van der Waals surface area contributed by atoms with Crippen LogP contribution in [0.4, 0.5) is 0 Å². The predicted octanol–water partition coefficient (Wildman–Crippen LogP) is 2.15. The molecule has 0 amide bonds. The summed E-state index contributed by atoms with van der Waals surface area (Å²) in [6, 6.07) is 3.88. The van der Waals surface area contributed by atoms with Gasteiger partial charge in [0.25, 0.3) is 0 Å². The van der Waals surface area contributed by atoms with Gasteiger partial charge in [0, 0.05) is 18.9 Å². The van der Waals surface area contributed by atoms with Gasteiger partial charge < -0.3 is 11.1 Å². The van der Waals surface area contributed by atoms with Crippen molar-refractivity contribution in [2.45, 2.75) is 26.8 Å². The molecule has 0 bridgehead atoms. The van der Waals surface area contributed by atoms with Crippen LogP contribution in [0.25, 0.3) is 0 Å². The Hall–Kier alpha value is -0.850. The number of pyridine rings is 1. The molecule has 96 valence electrons. The van der Waals surface area contributed by atoms with Gasteiger partial charge in [-0.2, -0.15) is 0 Å². The molecule has 17 heavy (non-hydrogen) atoms. The average Bonchev–Trinajstić information content (AvgIpc) is 2.27. The number of rotatable bonds is 5. The Morgan fingerprint density at radius 1 is 1.53 bits per heavy atom. The van der Waals surface area contributed by atoms with Gasteiger partial charge in [-0.1, -0.05) is 19.9 Å². The lowest BCUT2D eigenvalue weighted by Crippen LogP contribution is -2.32. The maximum Gasteiger partial charge on any atom is 0.188 e. The van der Waals surface area contributed by atoms with Crippen molar-refractivity contribution in [2.75, 3.05) is 6.54 Å². The van der Waals surface area contributed by atoms with Crippen molar-refractivity contribution < 1.29 is 0 Å². The molecule has 0 unspecified atom stereocenters. The van der Waals surface area contributed by atoms with Crippen LogP contribution in [0.1, 0.15) is 25.8 Å². The van der Waals surface area contributed by atoms with Crippen LogP contribution in [0.3, 0.4) is 0 Å². The van der Waals surface area contributed by atoms with Gasteiger partial charge >= 0.3 is 0 Å². The lowest BCUT2D eigenvalue weighted by atomic mass is 10.1. The second kappa shape index (κ2) is 9.21. The zero-order valence-electron chi connectivity index (χ0n) is 10.4. The third kappa shape index (κ3) is 7.95. The minimum absolute atomic E-state index is 0. The summed E-state index contributed by atoms with van der Waals surface area (Å²) < 4.78 is 0. The third-order valence-electron chi connectivity index (χ3n) is 2.18. The highest BCUT2D eigenvalue weighted by molar-refractivity contribution is 14.0. The highest BCUT2D eigenvalue weighted by Gasteiger charge is 1.95. The molecule has 5 heteroatoms. The molecule has 0 spiro atoms. The van der Waals surface area contributed by atoms with E-state index in [4.69, 9.17) is 5.73 Å². The minimum atomic E-state index is 0. The topological polar surface area (TPSA) is 63.3 Å². The molecule has 0 atom stereocenters. The molecule has 0 aliphatic heterocycles. The van der Waals surface area contributed by atoms with Crippen LogP contribution in [0.2, 0.25) is 0 Å². The van der Waals surface area contributed by atoms with E-state index in [1.165, 1.54) is 0 Å². The Kier molecular flexibility index (Phi) is 8.75. The minimum Gasteiger partial charge on any atom is -0.370 e. The fourth-order valence-electron chi connectivity index (χ4n) is 1.21. The van der Waals surface area contributed by atoms with E-state index in [0.29, 0.717) is 18.4 Å². The van der Waals surface area contributed by atoms with Gasteiger partial charge in [0.05, 0.1) is 6.54 Å². The fraction of sp³-hybridized carbons (Fsp3) is 0.500.